The number of hydrogen-bond acceptors (Lipinski definition) is 2. The highest BCUT2D eigenvalue weighted by atomic mass is 15.3. The average molecular weight is 210 g/mol. The first kappa shape index (κ1) is 11.4. The molecule has 0 aromatic carbocycles. The van der Waals surface area contributed by atoms with Crippen molar-refractivity contribution in [3.8, 4) is 0 Å². The molecule has 15 heavy (non-hydrogen) atoms. The Morgan fingerprint density at radius 2 is 2.07 bits per heavy atom. The Kier molecular flexibility index (Phi) is 2.85. The van der Waals surface area contributed by atoms with Gasteiger partial charge in [0.1, 0.15) is 0 Å². The zero-order chi connectivity index (χ0) is 11.1. The lowest BCUT2D eigenvalue weighted by molar-refractivity contribution is 0.111. The van der Waals surface area contributed by atoms with Crippen LogP contribution in [0.5, 0.6) is 0 Å². The molecule has 0 aromatic rings. The highest BCUT2D eigenvalue weighted by Gasteiger charge is 2.55. The van der Waals surface area contributed by atoms with Crippen LogP contribution in [0.4, 0.5) is 0 Å². The van der Waals surface area contributed by atoms with E-state index in [-0.39, 0.29) is 0 Å². The van der Waals surface area contributed by atoms with Crippen molar-refractivity contribution >= 4 is 0 Å². The Bertz CT molecular complexity index is 235. The second-order valence-electron chi connectivity index (χ2n) is 5.95. The fraction of sp³-hybridized carbons (Fsp3) is 1.00. The fourth-order valence-corrected chi connectivity index (χ4v) is 3.19. The molecule has 2 nitrogen and oxygen atoms in total. The average Bonchev–Trinajstić information content (AvgIpc) is 2.90. The molecule has 1 saturated carbocycles. The largest absolute Gasteiger partial charge is 0.326 e. The fourth-order valence-electron chi connectivity index (χ4n) is 3.19. The predicted molar refractivity (Wildman–Crippen MR) is 64.8 cm³/mol. The van der Waals surface area contributed by atoms with Crippen molar-refractivity contribution in [3.05, 3.63) is 0 Å². The van der Waals surface area contributed by atoms with Gasteiger partial charge in [-0.05, 0) is 38.0 Å². The molecule has 0 bridgehead atoms. The van der Waals surface area contributed by atoms with Crippen LogP contribution in [0.25, 0.3) is 0 Å². The normalized spacial score (nSPS) is 33.2. The van der Waals surface area contributed by atoms with E-state index in [1.165, 1.54) is 38.6 Å². The Morgan fingerprint density at radius 3 is 2.47 bits per heavy atom. The van der Waals surface area contributed by atoms with Crippen LogP contribution in [0.3, 0.4) is 0 Å². The van der Waals surface area contributed by atoms with E-state index in [0.717, 1.165) is 6.54 Å². The molecule has 2 unspecified atom stereocenters. The van der Waals surface area contributed by atoms with E-state index in [2.05, 4.69) is 25.7 Å². The maximum Gasteiger partial charge on any atom is 0.0237 e. The molecule has 1 saturated heterocycles. The topological polar surface area (TPSA) is 29.3 Å². The molecule has 2 heteroatoms. The van der Waals surface area contributed by atoms with E-state index in [1.54, 1.807) is 0 Å². The van der Waals surface area contributed by atoms with Gasteiger partial charge in [0.15, 0.2) is 0 Å². The number of nitrogens with zero attached hydrogens (tertiary/aromatic N) is 1. The SMILES string of the molecule is CCCC(C)(CC)N1CC(N)C2(CC2)C1. The van der Waals surface area contributed by atoms with Crippen molar-refractivity contribution in [2.45, 2.75) is 64.5 Å². The van der Waals surface area contributed by atoms with Crippen LogP contribution in [0, 0.1) is 5.41 Å². The molecule has 0 aromatic heterocycles. The van der Waals surface area contributed by atoms with Crippen LogP contribution in [0.15, 0.2) is 0 Å². The van der Waals surface area contributed by atoms with E-state index < -0.39 is 0 Å². The summed E-state index contributed by atoms with van der Waals surface area (Å²) in [6.45, 7) is 9.42. The van der Waals surface area contributed by atoms with Gasteiger partial charge in [-0.1, -0.05) is 20.3 Å². The van der Waals surface area contributed by atoms with Gasteiger partial charge in [0.2, 0.25) is 0 Å². The number of likely N-dealkylation sites (tertiary alicyclic amines) is 1. The summed E-state index contributed by atoms with van der Waals surface area (Å²) in [6, 6.07) is 0.445. The minimum Gasteiger partial charge on any atom is -0.326 e. The molecule has 1 aliphatic heterocycles. The molecule has 1 spiro atoms. The molecule has 2 aliphatic rings. The highest BCUT2D eigenvalue weighted by Crippen LogP contribution is 2.53. The van der Waals surface area contributed by atoms with Gasteiger partial charge in [0.05, 0.1) is 0 Å². The van der Waals surface area contributed by atoms with Gasteiger partial charge < -0.3 is 5.73 Å². The van der Waals surface area contributed by atoms with Crippen LogP contribution in [0.2, 0.25) is 0 Å². The standard InChI is InChI=1S/C13H26N2/c1-4-6-12(3,5-2)15-9-11(14)13(10-15)7-8-13/h11H,4-10,14H2,1-3H3. The second-order valence-corrected chi connectivity index (χ2v) is 5.95. The van der Waals surface area contributed by atoms with Gasteiger partial charge in [-0.2, -0.15) is 0 Å². The molecule has 2 fully saturated rings. The molecule has 0 radical (unpaired) electrons. The lowest BCUT2D eigenvalue weighted by Crippen LogP contribution is -2.45. The summed E-state index contributed by atoms with van der Waals surface area (Å²) in [5.41, 5.74) is 7.20. The van der Waals surface area contributed by atoms with Gasteiger partial charge in [-0.3, -0.25) is 4.90 Å². The smallest absolute Gasteiger partial charge is 0.0237 e. The van der Waals surface area contributed by atoms with Crippen molar-refractivity contribution in [2.75, 3.05) is 13.1 Å². The number of rotatable bonds is 4. The van der Waals surface area contributed by atoms with Crippen molar-refractivity contribution in [1.82, 2.24) is 4.90 Å². The quantitative estimate of drug-likeness (QED) is 0.772. The summed E-state index contributed by atoms with van der Waals surface area (Å²) in [6.07, 6.45) is 6.59. The summed E-state index contributed by atoms with van der Waals surface area (Å²) in [7, 11) is 0. The number of nitrogens with two attached hydrogens (primary N) is 1. The third-order valence-corrected chi connectivity index (χ3v) is 4.92. The predicted octanol–water partition coefficient (Wildman–Crippen LogP) is 2.38. The summed E-state index contributed by atoms with van der Waals surface area (Å²) < 4.78 is 0. The van der Waals surface area contributed by atoms with Gasteiger partial charge >= 0.3 is 0 Å². The third kappa shape index (κ3) is 1.83. The molecule has 2 rings (SSSR count). The monoisotopic (exact) mass is 210 g/mol. The summed E-state index contributed by atoms with van der Waals surface area (Å²) in [5, 5.41) is 0. The van der Waals surface area contributed by atoms with Crippen molar-refractivity contribution in [1.29, 1.82) is 0 Å². The van der Waals surface area contributed by atoms with Crippen LogP contribution in [-0.4, -0.2) is 29.6 Å². The van der Waals surface area contributed by atoms with Crippen molar-refractivity contribution < 1.29 is 0 Å². The maximum absolute atomic E-state index is 6.27. The van der Waals surface area contributed by atoms with E-state index in [0.29, 0.717) is 17.0 Å². The molecule has 88 valence electrons. The Hall–Kier alpha value is -0.0800. The minimum absolute atomic E-state index is 0.401. The second kappa shape index (κ2) is 3.74. The van der Waals surface area contributed by atoms with Crippen LogP contribution < -0.4 is 5.73 Å². The van der Waals surface area contributed by atoms with E-state index in [4.69, 9.17) is 5.73 Å². The third-order valence-electron chi connectivity index (χ3n) is 4.92. The van der Waals surface area contributed by atoms with Crippen LogP contribution in [0.1, 0.15) is 52.9 Å². The lowest BCUT2D eigenvalue weighted by Gasteiger charge is -2.38. The first-order valence-electron chi connectivity index (χ1n) is 6.57. The van der Waals surface area contributed by atoms with Crippen LogP contribution in [-0.2, 0) is 0 Å². The highest BCUT2D eigenvalue weighted by molar-refractivity contribution is 5.11. The van der Waals surface area contributed by atoms with Crippen molar-refractivity contribution in [2.24, 2.45) is 11.1 Å². The lowest BCUT2D eigenvalue weighted by atomic mass is 9.91. The molecular weight excluding hydrogens is 184 g/mol. The summed E-state index contributed by atoms with van der Waals surface area (Å²) in [4.78, 5) is 2.67. The van der Waals surface area contributed by atoms with E-state index in [9.17, 15) is 0 Å². The van der Waals surface area contributed by atoms with Gasteiger partial charge in [0, 0.05) is 24.7 Å². The molecule has 0 amide bonds. The van der Waals surface area contributed by atoms with Crippen molar-refractivity contribution in [3.63, 3.8) is 0 Å². The zero-order valence-electron chi connectivity index (χ0n) is 10.6. The Labute approximate surface area is 94.2 Å². The molecule has 2 atom stereocenters. The van der Waals surface area contributed by atoms with Crippen LogP contribution >= 0.6 is 0 Å². The molecular formula is C13H26N2. The number of hydrogen-bond donors (Lipinski definition) is 1. The van der Waals surface area contributed by atoms with E-state index in [1.807, 2.05) is 0 Å². The maximum atomic E-state index is 6.27. The summed E-state index contributed by atoms with van der Waals surface area (Å²) >= 11 is 0. The van der Waals surface area contributed by atoms with E-state index >= 15 is 0 Å². The molecule has 1 heterocycles. The molecule has 2 N–H and O–H groups in total. The molecule has 1 aliphatic carbocycles. The Morgan fingerprint density at radius 1 is 1.40 bits per heavy atom. The first-order valence-corrected chi connectivity index (χ1v) is 6.57. The zero-order valence-corrected chi connectivity index (χ0v) is 10.6. The Balaban J connectivity index is 2.04. The first-order chi connectivity index (χ1) is 7.06. The van der Waals surface area contributed by atoms with Gasteiger partial charge in [0.25, 0.3) is 0 Å². The summed E-state index contributed by atoms with van der Waals surface area (Å²) in [5.74, 6) is 0. The van der Waals surface area contributed by atoms with Gasteiger partial charge in [-0.15, -0.1) is 0 Å². The minimum atomic E-state index is 0.401. The van der Waals surface area contributed by atoms with Gasteiger partial charge in [-0.25, -0.2) is 0 Å².